The zero-order valence-electron chi connectivity index (χ0n) is 14.3. The number of benzene rings is 1. The van der Waals surface area contributed by atoms with Crippen molar-refractivity contribution in [2.45, 2.75) is 32.4 Å². The number of nitrogens with one attached hydrogen (secondary N) is 1. The van der Waals surface area contributed by atoms with Gasteiger partial charge in [-0.05, 0) is 24.6 Å². The highest BCUT2D eigenvalue weighted by Crippen LogP contribution is 2.23. The Morgan fingerprint density at radius 3 is 2.73 bits per heavy atom. The van der Waals surface area contributed by atoms with Crippen LogP contribution in [0.5, 0.6) is 0 Å². The number of alkyl halides is 4. The number of carbonyl (C=O) groups excluding carboxylic acids is 1. The fourth-order valence-corrected chi connectivity index (χ4v) is 2.17. The maximum absolute atomic E-state index is 12.8. The quantitative estimate of drug-likeness (QED) is 0.724. The van der Waals surface area contributed by atoms with Gasteiger partial charge in [-0.2, -0.15) is 13.9 Å². The second-order valence-electron chi connectivity index (χ2n) is 5.82. The van der Waals surface area contributed by atoms with E-state index in [1.807, 2.05) is 6.92 Å². The maximum atomic E-state index is 12.8. The molecule has 0 saturated heterocycles. The van der Waals surface area contributed by atoms with Crippen LogP contribution in [0.15, 0.2) is 30.5 Å². The molecule has 0 fully saturated rings. The maximum Gasteiger partial charge on any atom is 0.330 e. The summed E-state index contributed by atoms with van der Waals surface area (Å²) in [4.78, 5) is 12.2. The van der Waals surface area contributed by atoms with Crippen molar-refractivity contribution in [1.29, 1.82) is 0 Å². The molecule has 9 heteroatoms. The number of hydrogen-bond acceptors (Lipinski definition) is 3. The van der Waals surface area contributed by atoms with Crippen molar-refractivity contribution in [1.82, 2.24) is 15.1 Å². The molecule has 2 rings (SSSR count). The van der Waals surface area contributed by atoms with E-state index in [1.165, 1.54) is 6.07 Å². The van der Waals surface area contributed by atoms with Gasteiger partial charge in [0, 0.05) is 30.4 Å². The van der Waals surface area contributed by atoms with Gasteiger partial charge in [-0.1, -0.05) is 12.1 Å². The molecule has 1 heterocycles. The molecule has 1 N–H and O–H groups in total. The Labute approximate surface area is 148 Å². The summed E-state index contributed by atoms with van der Waals surface area (Å²) in [5.74, 6) is -4.55. The lowest BCUT2D eigenvalue weighted by Crippen LogP contribution is -2.32. The van der Waals surface area contributed by atoms with Gasteiger partial charge in [-0.25, -0.2) is 8.78 Å². The first-order chi connectivity index (χ1) is 12.2. The number of nitrogens with zero attached hydrogens (tertiary/aromatic N) is 2. The molecule has 0 radical (unpaired) electrons. The Balaban J connectivity index is 1.91. The third kappa shape index (κ3) is 5.04. The van der Waals surface area contributed by atoms with E-state index in [9.17, 15) is 22.4 Å². The van der Waals surface area contributed by atoms with Gasteiger partial charge in [0.25, 0.3) is 5.91 Å². The molecule has 2 aromatic rings. The number of aromatic nitrogens is 2. The van der Waals surface area contributed by atoms with E-state index < -0.39 is 19.0 Å². The third-order valence-electron chi connectivity index (χ3n) is 3.85. The minimum absolute atomic E-state index is 0.292. The van der Waals surface area contributed by atoms with Crippen LogP contribution >= 0.6 is 0 Å². The largest absolute Gasteiger partial charge is 0.370 e. The summed E-state index contributed by atoms with van der Waals surface area (Å²) < 4.78 is 56.1. The van der Waals surface area contributed by atoms with E-state index in [4.69, 9.17) is 0 Å². The van der Waals surface area contributed by atoms with Crippen LogP contribution in [-0.2, 0) is 24.9 Å². The molecule has 142 valence electrons. The van der Waals surface area contributed by atoms with E-state index in [0.29, 0.717) is 17.7 Å². The molecule has 1 aromatic heterocycles. The summed E-state index contributed by atoms with van der Waals surface area (Å²) >= 11 is 0. The molecule has 0 spiro atoms. The third-order valence-corrected chi connectivity index (χ3v) is 3.85. The number of ether oxygens (including phenoxy) is 1. The van der Waals surface area contributed by atoms with Gasteiger partial charge in [0.15, 0.2) is 0 Å². The topological polar surface area (TPSA) is 56.1 Å². The average Bonchev–Trinajstić information content (AvgIpc) is 2.91. The molecule has 0 aliphatic rings. The van der Waals surface area contributed by atoms with Crippen molar-refractivity contribution in [3.8, 4) is 0 Å². The van der Waals surface area contributed by atoms with E-state index in [1.54, 1.807) is 36.1 Å². The second kappa shape index (κ2) is 8.31. The Morgan fingerprint density at radius 1 is 1.38 bits per heavy atom. The van der Waals surface area contributed by atoms with Crippen LogP contribution in [0.1, 0.15) is 27.2 Å². The number of rotatable bonds is 8. The minimum atomic E-state index is -4.20. The predicted octanol–water partition coefficient (Wildman–Crippen LogP) is 3.08. The zero-order chi connectivity index (χ0) is 19.3. The summed E-state index contributed by atoms with van der Waals surface area (Å²) in [5, 5.41) is 6.82. The van der Waals surface area contributed by atoms with Gasteiger partial charge in [0.1, 0.15) is 6.61 Å². The first-order valence-electron chi connectivity index (χ1n) is 7.79. The molecule has 0 saturated carbocycles. The van der Waals surface area contributed by atoms with Crippen LogP contribution in [0.3, 0.4) is 0 Å². The zero-order valence-corrected chi connectivity index (χ0v) is 14.3. The Kier molecular flexibility index (Phi) is 6.36. The number of hydrogen-bond donors (Lipinski definition) is 1. The highest BCUT2D eigenvalue weighted by atomic mass is 19.3. The van der Waals surface area contributed by atoms with Crippen LogP contribution in [-0.4, -0.2) is 34.6 Å². The van der Waals surface area contributed by atoms with E-state index >= 15 is 0 Å². The average molecular weight is 373 g/mol. The SMILES string of the molecule is Cc1c(CNC(=O)c2cccc(COCC(F)(F)C(F)F)c2)cnn1C. The molecule has 0 atom stereocenters. The molecule has 26 heavy (non-hydrogen) atoms. The molecule has 0 aliphatic heterocycles. The lowest BCUT2D eigenvalue weighted by Gasteiger charge is -2.15. The van der Waals surface area contributed by atoms with Crippen molar-refractivity contribution in [2.75, 3.05) is 6.61 Å². The predicted molar refractivity (Wildman–Crippen MR) is 86.2 cm³/mol. The van der Waals surface area contributed by atoms with Crippen molar-refractivity contribution >= 4 is 5.91 Å². The van der Waals surface area contributed by atoms with Crippen LogP contribution < -0.4 is 5.32 Å². The molecule has 1 aromatic carbocycles. The summed E-state index contributed by atoms with van der Waals surface area (Å²) in [6, 6.07) is 6.14. The van der Waals surface area contributed by atoms with E-state index in [-0.39, 0.29) is 12.5 Å². The highest BCUT2D eigenvalue weighted by molar-refractivity contribution is 5.94. The van der Waals surface area contributed by atoms with Crippen molar-refractivity contribution < 1.29 is 27.1 Å². The number of aryl methyl sites for hydroxylation is 1. The van der Waals surface area contributed by atoms with Gasteiger partial charge in [0.2, 0.25) is 0 Å². The number of halogens is 4. The number of amides is 1. The Hall–Kier alpha value is -2.42. The summed E-state index contributed by atoms with van der Waals surface area (Å²) in [6.45, 7) is 0.480. The molecular formula is C17H19F4N3O2. The van der Waals surface area contributed by atoms with E-state index in [2.05, 4.69) is 15.2 Å². The molecule has 0 bridgehead atoms. The summed E-state index contributed by atoms with van der Waals surface area (Å²) in [5.41, 5.74) is 2.54. The summed E-state index contributed by atoms with van der Waals surface area (Å²) in [7, 11) is 1.79. The number of carbonyl (C=O) groups is 1. The lowest BCUT2D eigenvalue weighted by molar-refractivity contribution is -0.168. The molecular weight excluding hydrogens is 354 g/mol. The standard InChI is InChI=1S/C17H19F4N3O2/c1-11-14(8-23-24(11)2)7-22-15(25)13-5-3-4-12(6-13)9-26-10-17(20,21)16(18)19/h3-6,8,16H,7,9-10H2,1-2H3,(H,22,25). The van der Waals surface area contributed by atoms with Crippen LogP contribution in [0.4, 0.5) is 17.6 Å². The van der Waals surface area contributed by atoms with Crippen LogP contribution in [0.2, 0.25) is 0 Å². The summed E-state index contributed by atoms with van der Waals surface area (Å²) in [6.07, 6.45) is -2.13. The monoisotopic (exact) mass is 373 g/mol. The Morgan fingerprint density at radius 2 is 2.12 bits per heavy atom. The van der Waals surface area contributed by atoms with Gasteiger partial charge >= 0.3 is 12.3 Å². The molecule has 5 nitrogen and oxygen atoms in total. The smallest absolute Gasteiger partial charge is 0.330 e. The molecule has 1 amide bonds. The molecule has 0 aliphatic carbocycles. The first-order valence-corrected chi connectivity index (χ1v) is 7.79. The van der Waals surface area contributed by atoms with Gasteiger partial charge < -0.3 is 10.1 Å². The van der Waals surface area contributed by atoms with Gasteiger partial charge in [-0.3, -0.25) is 9.48 Å². The first kappa shape index (κ1) is 19.9. The lowest BCUT2D eigenvalue weighted by atomic mass is 10.1. The normalized spacial score (nSPS) is 11.8. The fourth-order valence-electron chi connectivity index (χ4n) is 2.17. The molecule has 0 unspecified atom stereocenters. The van der Waals surface area contributed by atoms with Crippen molar-refractivity contribution in [3.05, 3.63) is 52.8 Å². The van der Waals surface area contributed by atoms with Crippen LogP contribution in [0.25, 0.3) is 0 Å². The van der Waals surface area contributed by atoms with Gasteiger partial charge in [0.05, 0.1) is 12.8 Å². The van der Waals surface area contributed by atoms with Crippen molar-refractivity contribution in [3.63, 3.8) is 0 Å². The Bertz CT molecular complexity index is 762. The van der Waals surface area contributed by atoms with Crippen molar-refractivity contribution in [2.24, 2.45) is 7.05 Å². The van der Waals surface area contributed by atoms with Gasteiger partial charge in [-0.15, -0.1) is 0 Å². The fraction of sp³-hybridized carbons (Fsp3) is 0.412. The van der Waals surface area contributed by atoms with Crippen LogP contribution in [0, 0.1) is 6.92 Å². The highest BCUT2D eigenvalue weighted by Gasteiger charge is 2.40. The van der Waals surface area contributed by atoms with E-state index in [0.717, 1.165) is 11.3 Å². The minimum Gasteiger partial charge on any atom is -0.370 e. The second-order valence-corrected chi connectivity index (χ2v) is 5.82.